The summed E-state index contributed by atoms with van der Waals surface area (Å²) in [4.78, 5) is 12.1. The molecule has 0 saturated carbocycles. The van der Waals surface area contributed by atoms with Crippen molar-refractivity contribution in [1.82, 2.24) is 15.1 Å². The second-order valence-electron chi connectivity index (χ2n) is 6.84. The van der Waals surface area contributed by atoms with E-state index in [-0.39, 0.29) is 12.5 Å². The Morgan fingerprint density at radius 3 is 2.52 bits per heavy atom. The Bertz CT molecular complexity index is 476. The third kappa shape index (κ3) is 5.50. The Hall–Kier alpha value is -1.36. The summed E-state index contributed by atoms with van der Waals surface area (Å²) in [7, 11) is 1.84. The molecule has 5 nitrogen and oxygen atoms in total. The molecule has 1 rings (SSSR count). The van der Waals surface area contributed by atoms with Crippen LogP contribution in [0.1, 0.15) is 69.6 Å². The quantitative estimate of drug-likeness (QED) is 0.812. The maximum absolute atomic E-state index is 12.1. The fourth-order valence-corrected chi connectivity index (χ4v) is 2.18. The highest BCUT2D eigenvalue weighted by molar-refractivity contribution is 5.92. The number of nitrogens with zero attached hydrogens (tertiary/aromatic N) is 2. The average Bonchev–Trinajstić information content (AvgIpc) is 2.76. The number of carbonyl (C=O) groups is 1. The molecular formula is C16H29N3O2. The van der Waals surface area contributed by atoms with Crippen molar-refractivity contribution in [1.29, 1.82) is 0 Å². The van der Waals surface area contributed by atoms with Gasteiger partial charge in [-0.1, -0.05) is 27.7 Å². The van der Waals surface area contributed by atoms with Crippen LogP contribution < -0.4 is 5.32 Å². The van der Waals surface area contributed by atoms with E-state index in [1.807, 2.05) is 13.1 Å². The van der Waals surface area contributed by atoms with Gasteiger partial charge in [-0.25, -0.2) is 0 Å². The Balaban J connectivity index is 2.59. The van der Waals surface area contributed by atoms with Crippen LogP contribution in [0.5, 0.6) is 0 Å². The second-order valence-corrected chi connectivity index (χ2v) is 6.84. The molecule has 0 aromatic carbocycles. The van der Waals surface area contributed by atoms with Crippen molar-refractivity contribution in [3.63, 3.8) is 0 Å². The molecule has 1 aromatic heterocycles. The minimum Gasteiger partial charge on any atom is -0.388 e. The first-order chi connectivity index (χ1) is 9.62. The van der Waals surface area contributed by atoms with Crippen LogP contribution in [0.3, 0.4) is 0 Å². The topological polar surface area (TPSA) is 67.2 Å². The fraction of sp³-hybridized carbons (Fsp3) is 0.750. The van der Waals surface area contributed by atoms with E-state index in [4.69, 9.17) is 0 Å². The first-order valence-electron chi connectivity index (χ1n) is 7.67. The minimum atomic E-state index is -0.879. The molecule has 1 aromatic rings. The van der Waals surface area contributed by atoms with Gasteiger partial charge in [0.15, 0.2) is 0 Å². The smallest absolute Gasteiger partial charge is 0.271 e. The van der Waals surface area contributed by atoms with Crippen molar-refractivity contribution < 1.29 is 9.90 Å². The molecule has 21 heavy (non-hydrogen) atoms. The van der Waals surface area contributed by atoms with Crippen molar-refractivity contribution in [2.75, 3.05) is 6.54 Å². The number of aryl methyl sites for hydroxylation is 1. The molecular weight excluding hydrogens is 266 g/mol. The second kappa shape index (κ2) is 7.07. The molecule has 0 fully saturated rings. The molecule has 5 heteroatoms. The normalized spacial score (nSPS) is 14.5. The lowest BCUT2D eigenvalue weighted by Gasteiger charge is -2.24. The predicted molar refractivity (Wildman–Crippen MR) is 84.3 cm³/mol. The first-order valence-corrected chi connectivity index (χ1v) is 7.67. The Morgan fingerprint density at radius 2 is 2.05 bits per heavy atom. The number of nitrogens with one attached hydrogen (secondary N) is 1. The van der Waals surface area contributed by atoms with Crippen LogP contribution in [0, 0.1) is 5.92 Å². The van der Waals surface area contributed by atoms with Crippen LogP contribution in [-0.2, 0) is 7.05 Å². The number of hydrogen-bond acceptors (Lipinski definition) is 3. The molecule has 1 atom stereocenters. The van der Waals surface area contributed by atoms with Gasteiger partial charge < -0.3 is 10.4 Å². The third-order valence-corrected chi connectivity index (χ3v) is 3.63. The zero-order chi connectivity index (χ0) is 16.2. The largest absolute Gasteiger partial charge is 0.388 e. The van der Waals surface area contributed by atoms with Gasteiger partial charge in [0.05, 0.1) is 5.60 Å². The standard InChI is InChI=1S/C16H29N3O2/c1-11(2)7-8-16(5,21)10-17-15(20)13-9-14(12(3)4)19(6)18-13/h9,11-12,21H,7-8,10H2,1-6H3,(H,17,20). The van der Waals surface area contributed by atoms with Gasteiger partial charge in [-0.3, -0.25) is 9.48 Å². The van der Waals surface area contributed by atoms with E-state index >= 15 is 0 Å². The fourth-order valence-electron chi connectivity index (χ4n) is 2.18. The summed E-state index contributed by atoms with van der Waals surface area (Å²) in [5.41, 5.74) is 0.544. The lowest BCUT2D eigenvalue weighted by molar-refractivity contribution is 0.0428. The molecule has 120 valence electrons. The predicted octanol–water partition coefficient (Wildman–Crippen LogP) is 2.46. The van der Waals surface area contributed by atoms with E-state index in [0.717, 1.165) is 12.1 Å². The van der Waals surface area contributed by atoms with Gasteiger partial charge in [-0.15, -0.1) is 0 Å². The molecule has 0 radical (unpaired) electrons. The number of aromatic nitrogens is 2. The van der Waals surface area contributed by atoms with Crippen molar-refractivity contribution in [3.05, 3.63) is 17.5 Å². The van der Waals surface area contributed by atoms with Crippen LogP contribution in [0.25, 0.3) is 0 Å². The average molecular weight is 295 g/mol. The van der Waals surface area contributed by atoms with Crippen molar-refractivity contribution in [3.8, 4) is 0 Å². The highest BCUT2D eigenvalue weighted by Gasteiger charge is 2.23. The van der Waals surface area contributed by atoms with E-state index in [1.165, 1.54) is 0 Å². The molecule has 1 heterocycles. The highest BCUT2D eigenvalue weighted by atomic mass is 16.3. The maximum atomic E-state index is 12.1. The molecule has 0 aliphatic carbocycles. The van der Waals surface area contributed by atoms with Gasteiger partial charge in [0.2, 0.25) is 0 Å². The summed E-state index contributed by atoms with van der Waals surface area (Å²) in [5.74, 6) is 0.622. The van der Waals surface area contributed by atoms with Crippen molar-refractivity contribution >= 4 is 5.91 Å². The zero-order valence-electron chi connectivity index (χ0n) is 14.1. The Labute approximate surface area is 127 Å². The summed E-state index contributed by atoms with van der Waals surface area (Å²) in [5, 5.41) is 17.3. The Morgan fingerprint density at radius 1 is 1.43 bits per heavy atom. The summed E-state index contributed by atoms with van der Waals surface area (Å²) in [6.07, 6.45) is 1.61. The van der Waals surface area contributed by atoms with Crippen LogP contribution in [0.15, 0.2) is 6.07 Å². The number of hydrogen-bond donors (Lipinski definition) is 2. The number of aliphatic hydroxyl groups is 1. The van der Waals surface area contributed by atoms with Gasteiger partial charge in [0, 0.05) is 19.3 Å². The number of rotatable bonds is 7. The first kappa shape index (κ1) is 17.7. The summed E-state index contributed by atoms with van der Waals surface area (Å²) >= 11 is 0. The van der Waals surface area contributed by atoms with E-state index in [2.05, 4.69) is 38.1 Å². The van der Waals surface area contributed by atoms with Crippen LogP contribution in [0.2, 0.25) is 0 Å². The molecule has 0 bridgehead atoms. The molecule has 0 saturated heterocycles. The summed E-state index contributed by atoms with van der Waals surface area (Å²) in [6, 6.07) is 1.81. The van der Waals surface area contributed by atoms with E-state index in [0.29, 0.717) is 24.0 Å². The van der Waals surface area contributed by atoms with Gasteiger partial charge >= 0.3 is 0 Å². The van der Waals surface area contributed by atoms with Gasteiger partial charge in [0.1, 0.15) is 5.69 Å². The number of amides is 1. The van der Waals surface area contributed by atoms with E-state index < -0.39 is 5.60 Å². The van der Waals surface area contributed by atoms with Crippen molar-refractivity contribution in [2.24, 2.45) is 13.0 Å². The summed E-state index contributed by atoms with van der Waals surface area (Å²) < 4.78 is 1.73. The van der Waals surface area contributed by atoms with Crippen molar-refractivity contribution in [2.45, 2.75) is 59.0 Å². The van der Waals surface area contributed by atoms with E-state index in [1.54, 1.807) is 11.6 Å². The molecule has 1 unspecified atom stereocenters. The van der Waals surface area contributed by atoms with Gasteiger partial charge in [0.25, 0.3) is 5.91 Å². The van der Waals surface area contributed by atoms with Gasteiger partial charge in [-0.05, 0) is 37.7 Å². The van der Waals surface area contributed by atoms with Crippen LogP contribution >= 0.6 is 0 Å². The molecule has 0 aliphatic heterocycles. The minimum absolute atomic E-state index is 0.234. The maximum Gasteiger partial charge on any atom is 0.271 e. The van der Waals surface area contributed by atoms with Crippen LogP contribution in [0.4, 0.5) is 0 Å². The molecule has 0 spiro atoms. The monoisotopic (exact) mass is 295 g/mol. The number of carbonyl (C=O) groups excluding carboxylic acids is 1. The van der Waals surface area contributed by atoms with E-state index in [9.17, 15) is 9.90 Å². The third-order valence-electron chi connectivity index (χ3n) is 3.63. The Kier molecular flexibility index (Phi) is 5.96. The van der Waals surface area contributed by atoms with Gasteiger partial charge in [-0.2, -0.15) is 5.10 Å². The molecule has 1 amide bonds. The van der Waals surface area contributed by atoms with Crippen LogP contribution in [-0.4, -0.2) is 32.9 Å². The SMILES string of the molecule is CC(C)CCC(C)(O)CNC(=O)c1cc(C(C)C)n(C)n1. The zero-order valence-corrected chi connectivity index (χ0v) is 14.1. The highest BCUT2D eigenvalue weighted by Crippen LogP contribution is 2.17. The summed E-state index contributed by atoms with van der Waals surface area (Å²) in [6.45, 7) is 10.4. The lowest BCUT2D eigenvalue weighted by Crippen LogP contribution is -2.41. The molecule has 0 aliphatic rings. The molecule has 2 N–H and O–H groups in total. The lowest BCUT2D eigenvalue weighted by atomic mass is 9.95.